The smallest absolute Gasteiger partial charge is 0.337 e. The zero-order chi connectivity index (χ0) is 24.8. The number of hydrogen-bond acceptors (Lipinski definition) is 7. The molecule has 35 heavy (non-hydrogen) atoms. The van der Waals surface area contributed by atoms with E-state index in [4.69, 9.17) is 19.3 Å². The van der Waals surface area contributed by atoms with Crippen LogP contribution in [-0.2, 0) is 25.4 Å². The highest BCUT2D eigenvalue weighted by molar-refractivity contribution is 5.92. The van der Waals surface area contributed by atoms with E-state index in [1.807, 2.05) is 36.4 Å². The van der Waals surface area contributed by atoms with Crippen molar-refractivity contribution in [2.75, 3.05) is 20.3 Å². The number of carbonyl (C=O) groups is 2. The van der Waals surface area contributed by atoms with Crippen LogP contribution in [-0.4, -0.2) is 54.8 Å². The van der Waals surface area contributed by atoms with Crippen molar-refractivity contribution in [1.82, 2.24) is 5.32 Å². The third kappa shape index (κ3) is 5.90. The first-order chi connectivity index (χ1) is 17.0. The number of aliphatic hydroxyl groups excluding tert-OH is 2. The number of rotatable bonds is 9. The lowest BCUT2D eigenvalue weighted by Gasteiger charge is -2.30. The first-order valence-corrected chi connectivity index (χ1v) is 11.9. The maximum atomic E-state index is 13.2. The molecule has 1 aliphatic heterocycles. The molecule has 0 saturated heterocycles. The Morgan fingerprint density at radius 3 is 2.63 bits per heavy atom. The number of ether oxygens (including phenoxy) is 3. The first-order valence-electron chi connectivity index (χ1n) is 11.9. The van der Waals surface area contributed by atoms with Gasteiger partial charge in [0.25, 0.3) is 5.91 Å². The standard InChI is InChI=1S/C27H31NO7/c1-33-27(32)18-10-8-17(9-11-18)20-15-23(35-24(16-20)34-13-5-4-12-29)26(31)28-25-21-7-3-2-6-19(21)14-22(25)30/h2-3,6-11,15,20,22,24-25,29-30H,4-5,12-14,16H2,1H3,(H,28,31)/t20-,22+,24+,25-/m0/s1. The molecule has 3 N–H and O–H groups in total. The van der Waals surface area contributed by atoms with Crippen molar-refractivity contribution in [3.8, 4) is 0 Å². The Kier molecular flexibility index (Phi) is 8.17. The van der Waals surface area contributed by atoms with Crippen molar-refractivity contribution in [3.05, 3.63) is 82.6 Å². The number of carbonyl (C=O) groups excluding carboxylic acids is 2. The van der Waals surface area contributed by atoms with E-state index >= 15 is 0 Å². The fourth-order valence-electron chi connectivity index (χ4n) is 4.52. The number of fused-ring (bicyclic) bond motifs is 1. The minimum atomic E-state index is -0.715. The van der Waals surface area contributed by atoms with E-state index < -0.39 is 30.3 Å². The molecular weight excluding hydrogens is 450 g/mol. The van der Waals surface area contributed by atoms with Crippen molar-refractivity contribution in [2.45, 2.75) is 50.0 Å². The van der Waals surface area contributed by atoms with Gasteiger partial charge in [-0.3, -0.25) is 4.79 Å². The second kappa shape index (κ2) is 11.5. The van der Waals surface area contributed by atoms with Gasteiger partial charge in [-0.25, -0.2) is 4.79 Å². The topological polar surface area (TPSA) is 114 Å². The Bertz CT molecular complexity index is 1070. The quantitative estimate of drug-likeness (QED) is 0.373. The van der Waals surface area contributed by atoms with Gasteiger partial charge in [-0.05, 0) is 47.7 Å². The Balaban J connectivity index is 1.53. The number of methoxy groups -OCH3 is 1. The maximum absolute atomic E-state index is 13.2. The van der Waals surface area contributed by atoms with Crippen LogP contribution < -0.4 is 5.32 Å². The molecule has 0 unspecified atom stereocenters. The summed E-state index contributed by atoms with van der Waals surface area (Å²) in [6, 6.07) is 14.2. The molecule has 1 amide bonds. The normalized spacial score (nSPS) is 23.1. The lowest BCUT2D eigenvalue weighted by Crippen LogP contribution is -2.38. The molecule has 0 radical (unpaired) electrons. The predicted octanol–water partition coefficient (Wildman–Crippen LogP) is 2.75. The van der Waals surface area contributed by atoms with Gasteiger partial charge in [-0.2, -0.15) is 0 Å². The highest BCUT2D eigenvalue weighted by Crippen LogP contribution is 2.34. The van der Waals surface area contributed by atoms with Crippen LogP contribution in [0.15, 0.2) is 60.4 Å². The SMILES string of the molecule is COC(=O)c1ccc([C@H]2C=C(C(=O)N[C@H]3c4ccccc4C[C@H]3O)O[C@@H](OCCCCO)C2)cc1. The molecule has 8 nitrogen and oxygen atoms in total. The van der Waals surface area contributed by atoms with Crippen molar-refractivity contribution in [2.24, 2.45) is 0 Å². The first kappa shape index (κ1) is 24.9. The molecule has 0 aromatic heterocycles. The molecular formula is C27H31NO7. The average molecular weight is 482 g/mol. The zero-order valence-electron chi connectivity index (χ0n) is 19.7. The molecule has 2 aromatic carbocycles. The van der Waals surface area contributed by atoms with Crippen molar-refractivity contribution < 1.29 is 34.0 Å². The van der Waals surface area contributed by atoms with E-state index in [0.29, 0.717) is 37.9 Å². The van der Waals surface area contributed by atoms with E-state index in [1.54, 1.807) is 18.2 Å². The number of unbranched alkanes of at least 4 members (excludes halogenated alkanes) is 1. The average Bonchev–Trinajstić information content (AvgIpc) is 3.20. The third-order valence-electron chi connectivity index (χ3n) is 6.39. The summed E-state index contributed by atoms with van der Waals surface area (Å²) >= 11 is 0. The van der Waals surface area contributed by atoms with Gasteiger partial charge in [0.15, 0.2) is 5.76 Å². The number of aliphatic hydroxyl groups is 2. The molecule has 186 valence electrons. The molecule has 8 heteroatoms. The van der Waals surface area contributed by atoms with Crippen LogP contribution in [0.25, 0.3) is 0 Å². The number of amides is 1. The summed E-state index contributed by atoms with van der Waals surface area (Å²) in [5, 5.41) is 22.5. The maximum Gasteiger partial charge on any atom is 0.337 e. The van der Waals surface area contributed by atoms with Gasteiger partial charge >= 0.3 is 5.97 Å². The Labute approximate surface area is 204 Å². The predicted molar refractivity (Wildman–Crippen MR) is 127 cm³/mol. The number of hydrogen-bond donors (Lipinski definition) is 3. The highest BCUT2D eigenvalue weighted by atomic mass is 16.7. The van der Waals surface area contributed by atoms with E-state index in [9.17, 15) is 14.7 Å². The van der Waals surface area contributed by atoms with E-state index in [0.717, 1.165) is 16.7 Å². The van der Waals surface area contributed by atoms with Crippen LogP contribution in [0.3, 0.4) is 0 Å². The molecule has 2 aromatic rings. The number of esters is 1. The summed E-state index contributed by atoms with van der Waals surface area (Å²) < 4.78 is 16.5. The van der Waals surface area contributed by atoms with Crippen LogP contribution in [0.2, 0.25) is 0 Å². The van der Waals surface area contributed by atoms with Crippen LogP contribution >= 0.6 is 0 Å². The lowest BCUT2D eigenvalue weighted by molar-refractivity contribution is -0.147. The molecule has 0 saturated carbocycles. The summed E-state index contributed by atoms with van der Waals surface area (Å²) in [6.45, 7) is 0.478. The van der Waals surface area contributed by atoms with Gasteiger partial charge in [0, 0.05) is 25.4 Å². The summed E-state index contributed by atoms with van der Waals surface area (Å²) in [4.78, 5) is 25.0. The monoisotopic (exact) mass is 481 g/mol. The van der Waals surface area contributed by atoms with Crippen molar-refractivity contribution in [3.63, 3.8) is 0 Å². The summed E-state index contributed by atoms with van der Waals surface area (Å²) in [7, 11) is 1.33. The molecule has 2 aliphatic rings. The number of benzene rings is 2. The van der Waals surface area contributed by atoms with E-state index in [-0.39, 0.29) is 18.3 Å². The lowest BCUT2D eigenvalue weighted by atomic mass is 9.92. The van der Waals surface area contributed by atoms with Gasteiger partial charge in [0.1, 0.15) is 0 Å². The fourth-order valence-corrected chi connectivity index (χ4v) is 4.52. The van der Waals surface area contributed by atoms with Gasteiger partial charge in [-0.15, -0.1) is 0 Å². The summed E-state index contributed by atoms with van der Waals surface area (Å²) in [5.74, 6) is -0.896. The molecule has 0 fully saturated rings. The Morgan fingerprint density at radius 2 is 1.89 bits per heavy atom. The van der Waals surface area contributed by atoms with E-state index in [2.05, 4.69) is 5.32 Å². The molecule has 4 atom stereocenters. The van der Waals surface area contributed by atoms with Crippen molar-refractivity contribution in [1.29, 1.82) is 0 Å². The number of allylic oxidation sites excluding steroid dienone is 1. The molecule has 0 spiro atoms. The summed E-state index contributed by atoms with van der Waals surface area (Å²) in [6.07, 6.45) is 2.65. The van der Waals surface area contributed by atoms with Crippen LogP contribution in [0.4, 0.5) is 0 Å². The van der Waals surface area contributed by atoms with E-state index in [1.165, 1.54) is 7.11 Å². The second-order valence-electron chi connectivity index (χ2n) is 8.76. The molecule has 1 aliphatic carbocycles. The van der Waals surface area contributed by atoms with Crippen LogP contribution in [0, 0.1) is 0 Å². The second-order valence-corrected chi connectivity index (χ2v) is 8.76. The van der Waals surface area contributed by atoms with Gasteiger partial charge in [-0.1, -0.05) is 36.4 Å². The Hall–Kier alpha value is -3.20. The summed E-state index contributed by atoms with van der Waals surface area (Å²) in [5.41, 5.74) is 3.26. The van der Waals surface area contributed by atoms with Gasteiger partial charge in [0.05, 0.1) is 31.4 Å². The zero-order valence-corrected chi connectivity index (χ0v) is 19.7. The van der Waals surface area contributed by atoms with Crippen LogP contribution in [0.1, 0.15) is 58.3 Å². The minimum Gasteiger partial charge on any atom is -0.465 e. The molecule has 1 heterocycles. The fraction of sp³-hybridized carbons (Fsp3) is 0.407. The highest BCUT2D eigenvalue weighted by Gasteiger charge is 2.35. The van der Waals surface area contributed by atoms with Gasteiger partial charge < -0.3 is 29.7 Å². The molecule has 0 bridgehead atoms. The minimum absolute atomic E-state index is 0.0861. The van der Waals surface area contributed by atoms with Gasteiger partial charge in [0.2, 0.25) is 6.29 Å². The van der Waals surface area contributed by atoms with Crippen LogP contribution in [0.5, 0.6) is 0 Å². The Morgan fingerprint density at radius 1 is 1.11 bits per heavy atom. The largest absolute Gasteiger partial charge is 0.465 e. The number of nitrogens with one attached hydrogen (secondary N) is 1. The van der Waals surface area contributed by atoms with Crippen molar-refractivity contribution >= 4 is 11.9 Å². The third-order valence-corrected chi connectivity index (χ3v) is 6.39. The molecule has 4 rings (SSSR count).